The summed E-state index contributed by atoms with van der Waals surface area (Å²) in [6.45, 7) is 0. The smallest absolute Gasteiger partial charge is 0.239 e. The molecule has 1 heterocycles. The quantitative estimate of drug-likeness (QED) is 0.361. The number of hydrogen-bond donors (Lipinski definition) is 1. The van der Waals surface area contributed by atoms with Gasteiger partial charge in [-0.15, -0.1) is 0 Å². The Balaban J connectivity index is 1.82. The molecule has 4 rings (SSSR count). The van der Waals surface area contributed by atoms with Gasteiger partial charge in [0.15, 0.2) is 12.7 Å². The van der Waals surface area contributed by atoms with E-state index in [9.17, 15) is 0 Å². The van der Waals surface area contributed by atoms with Crippen molar-refractivity contribution in [3.63, 3.8) is 0 Å². The van der Waals surface area contributed by atoms with E-state index in [1.54, 1.807) is 0 Å². The summed E-state index contributed by atoms with van der Waals surface area (Å²) in [5.41, 5.74) is 5.48. The van der Waals surface area contributed by atoms with Gasteiger partial charge >= 0.3 is 0 Å². The Kier molecular flexibility index (Phi) is 3.67. The molecule has 0 spiro atoms. The number of rotatable bonds is 3. The van der Waals surface area contributed by atoms with E-state index in [0.29, 0.717) is 0 Å². The maximum absolute atomic E-state index is 4.81. The van der Waals surface area contributed by atoms with Crippen LogP contribution in [-0.4, -0.2) is 16.7 Å². The fraction of sp³-hybridized carbons (Fsp3) is 0.0476. The molecule has 0 saturated heterocycles. The van der Waals surface area contributed by atoms with Crippen molar-refractivity contribution in [2.45, 2.75) is 0 Å². The third-order valence-electron chi connectivity index (χ3n) is 4.16. The van der Waals surface area contributed by atoms with E-state index >= 15 is 0 Å². The van der Waals surface area contributed by atoms with E-state index in [2.05, 4.69) is 59.6 Å². The predicted molar refractivity (Wildman–Crippen MR) is 98.1 cm³/mol. The zero-order valence-corrected chi connectivity index (χ0v) is 13.5. The Bertz CT molecular complexity index is 1010. The molecule has 0 aliphatic heterocycles. The monoisotopic (exact) mass is 312 g/mol. The molecule has 116 valence electrons. The Morgan fingerprint density at radius 2 is 1.50 bits per heavy atom. The van der Waals surface area contributed by atoms with Gasteiger partial charge < -0.3 is 4.98 Å². The number of benzene rings is 3. The lowest BCUT2D eigenvalue weighted by molar-refractivity contribution is -0.475. The molecular weight excluding hydrogens is 294 g/mol. The summed E-state index contributed by atoms with van der Waals surface area (Å²) in [7, 11) is 1.99. The SMILES string of the molecule is C[N+](=Nc1c[nH]c2ccccc12)c1ccccc1-c1ccccc1. The molecule has 24 heavy (non-hydrogen) atoms. The second kappa shape index (κ2) is 6.13. The van der Waals surface area contributed by atoms with E-state index in [4.69, 9.17) is 5.11 Å². The zero-order valence-electron chi connectivity index (χ0n) is 13.5. The van der Waals surface area contributed by atoms with Gasteiger partial charge in [0.25, 0.3) is 0 Å². The summed E-state index contributed by atoms with van der Waals surface area (Å²) in [5.74, 6) is 0. The summed E-state index contributed by atoms with van der Waals surface area (Å²) >= 11 is 0. The maximum Gasteiger partial charge on any atom is 0.239 e. The standard InChI is InChI=1S/C21H17N3/c1-24(23-20-15-22-19-13-7-5-12-18(19)20)21-14-8-6-11-17(21)16-9-3-2-4-10-16/h2-15H,1H3/p+1. The van der Waals surface area contributed by atoms with Gasteiger partial charge in [0.1, 0.15) is 0 Å². The van der Waals surface area contributed by atoms with Crippen LogP contribution in [0.3, 0.4) is 0 Å². The van der Waals surface area contributed by atoms with Gasteiger partial charge in [0, 0.05) is 28.3 Å². The highest BCUT2D eigenvalue weighted by atomic mass is 15.3. The Labute approximate surface area is 140 Å². The van der Waals surface area contributed by atoms with Gasteiger partial charge in [-0.05, 0) is 17.7 Å². The lowest BCUT2D eigenvalue weighted by Gasteiger charge is -2.03. The molecule has 0 fully saturated rings. The van der Waals surface area contributed by atoms with Crippen molar-refractivity contribution >= 4 is 22.3 Å². The van der Waals surface area contributed by atoms with Crippen molar-refractivity contribution in [2.24, 2.45) is 5.11 Å². The average Bonchev–Trinajstić information content (AvgIpc) is 3.05. The number of azo groups is 2. The van der Waals surface area contributed by atoms with Crippen molar-refractivity contribution in [2.75, 3.05) is 7.05 Å². The van der Waals surface area contributed by atoms with Crippen molar-refractivity contribution in [3.8, 4) is 11.1 Å². The van der Waals surface area contributed by atoms with E-state index < -0.39 is 0 Å². The topological polar surface area (TPSA) is 31.2 Å². The summed E-state index contributed by atoms with van der Waals surface area (Å²) in [5, 5.41) is 5.93. The number of aromatic amines is 1. The van der Waals surface area contributed by atoms with Crippen molar-refractivity contribution < 1.29 is 4.70 Å². The van der Waals surface area contributed by atoms with Gasteiger partial charge in [0.2, 0.25) is 5.69 Å². The highest BCUT2D eigenvalue weighted by Gasteiger charge is 2.15. The minimum Gasteiger partial charge on any atom is -0.359 e. The van der Waals surface area contributed by atoms with Crippen LogP contribution in [0.1, 0.15) is 0 Å². The van der Waals surface area contributed by atoms with Gasteiger partial charge in [-0.2, -0.15) is 0 Å². The first-order valence-corrected chi connectivity index (χ1v) is 7.99. The first-order chi connectivity index (χ1) is 11.8. The van der Waals surface area contributed by atoms with E-state index in [-0.39, 0.29) is 0 Å². The van der Waals surface area contributed by atoms with E-state index in [1.165, 1.54) is 11.1 Å². The summed E-state index contributed by atoms with van der Waals surface area (Å²) < 4.78 is 1.94. The normalized spacial score (nSPS) is 11.8. The van der Waals surface area contributed by atoms with Crippen LogP contribution in [0, 0.1) is 0 Å². The van der Waals surface area contributed by atoms with Crippen LogP contribution in [0.15, 0.2) is 90.2 Å². The van der Waals surface area contributed by atoms with Crippen LogP contribution >= 0.6 is 0 Å². The first kappa shape index (κ1) is 14.4. The number of H-pyrrole nitrogens is 1. The van der Waals surface area contributed by atoms with Crippen LogP contribution in [-0.2, 0) is 0 Å². The molecular formula is C21H18N3+. The molecule has 0 saturated carbocycles. The van der Waals surface area contributed by atoms with Gasteiger partial charge in [0.05, 0.1) is 5.56 Å². The van der Waals surface area contributed by atoms with Crippen LogP contribution in [0.4, 0.5) is 11.4 Å². The average molecular weight is 312 g/mol. The highest BCUT2D eigenvalue weighted by Crippen LogP contribution is 2.32. The van der Waals surface area contributed by atoms with Crippen molar-refractivity contribution in [1.82, 2.24) is 4.98 Å². The maximum atomic E-state index is 4.81. The molecule has 0 aliphatic carbocycles. The Morgan fingerprint density at radius 1 is 0.792 bits per heavy atom. The van der Waals surface area contributed by atoms with Crippen molar-refractivity contribution in [3.05, 3.63) is 85.1 Å². The van der Waals surface area contributed by atoms with Gasteiger partial charge in [-0.1, -0.05) is 65.4 Å². The number of nitrogens with one attached hydrogen (secondary N) is 1. The molecule has 0 atom stereocenters. The second-order valence-corrected chi connectivity index (χ2v) is 5.73. The van der Waals surface area contributed by atoms with Crippen LogP contribution in [0.2, 0.25) is 0 Å². The van der Waals surface area contributed by atoms with Gasteiger partial charge in [-0.25, -0.2) is 0 Å². The largest absolute Gasteiger partial charge is 0.359 e. The lowest BCUT2D eigenvalue weighted by Crippen LogP contribution is -1.95. The van der Waals surface area contributed by atoms with Gasteiger partial charge in [-0.3, -0.25) is 0 Å². The lowest BCUT2D eigenvalue weighted by atomic mass is 10.0. The number of para-hydroxylation sites is 2. The zero-order chi connectivity index (χ0) is 16.4. The molecule has 0 unspecified atom stereocenters. The predicted octanol–water partition coefficient (Wildman–Crippen LogP) is 5.89. The molecule has 3 aromatic carbocycles. The summed E-state index contributed by atoms with van der Waals surface area (Å²) in [6, 6.07) is 26.9. The fourth-order valence-corrected chi connectivity index (χ4v) is 2.97. The third kappa shape index (κ3) is 2.61. The minimum absolute atomic E-state index is 0.941. The Morgan fingerprint density at radius 3 is 2.38 bits per heavy atom. The molecule has 0 radical (unpaired) electrons. The summed E-state index contributed by atoms with van der Waals surface area (Å²) in [6.07, 6.45) is 1.95. The first-order valence-electron chi connectivity index (χ1n) is 7.99. The van der Waals surface area contributed by atoms with Crippen LogP contribution < -0.4 is 0 Å². The summed E-state index contributed by atoms with van der Waals surface area (Å²) in [4.78, 5) is 3.27. The molecule has 3 heteroatoms. The molecule has 1 aromatic heterocycles. The number of hydrogen-bond acceptors (Lipinski definition) is 1. The number of fused-ring (bicyclic) bond motifs is 1. The molecule has 4 aromatic rings. The van der Waals surface area contributed by atoms with Crippen LogP contribution in [0.5, 0.6) is 0 Å². The van der Waals surface area contributed by atoms with E-state index in [0.717, 1.165) is 22.3 Å². The number of nitrogens with zero attached hydrogens (tertiary/aromatic N) is 2. The number of aromatic nitrogens is 1. The third-order valence-corrected chi connectivity index (χ3v) is 4.16. The molecule has 0 aliphatic rings. The highest BCUT2D eigenvalue weighted by molar-refractivity contribution is 5.90. The molecule has 3 nitrogen and oxygen atoms in total. The van der Waals surface area contributed by atoms with E-state index in [1.807, 2.05) is 42.2 Å². The Hall–Kier alpha value is -3.20. The van der Waals surface area contributed by atoms with Crippen molar-refractivity contribution in [1.29, 1.82) is 0 Å². The molecule has 0 amide bonds. The minimum atomic E-state index is 0.941. The second-order valence-electron chi connectivity index (χ2n) is 5.73. The molecule has 0 bridgehead atoms. The van der Waals surface area contributed by atoms with Crippen LogP contribution in [0.25, 0.3) is 22.0 Å². The fourth-order valence-electron chi connectivity index (χ4n) is 2.97. The molecule has 1 N–H and O–H groups in total.